The third-order valence-electron chi connectivity index (χ3n) is 5.57. The van der Waals surface area contributed by atoms with Crippen molar-refractivity contribution in [2.24, 2.45) is 5.92 Å². The number of thiocarbonyl (C=S) groups is 1. The third kappa shape index (κ3) is 5.73. The van der Waals surface area contributed by atoms with Gasteiger partial charge in [0.2, 0.25) is 12.7 Å². The number of amides is 2. The van der Waals surface area contributed by atoms with Crippen LogP contribution in [0, 0.1) is 5.92 Å². The smallest absolute Gasteiger partial charge is 0.257 e. The Morgan fingerprint density at radius 1 is 1.00 bits per heavy atom. The van der Waals surface area contributed by atoms with E-state index in [1.807, 2.05) is 29.2 Å². The summed E-state index contributed by atoms with van der Waals surface area (Å²) in [6.45, 7) is 7.38. The number of anilines is 2. The number of hydrogen-bond acceptors (Lipinski definition) is 6. The largest absolute Gasteiger partial charge is 0.454 e. The first-order chi connectivity index (χ1) is 15.9. The topological polar surface area (TPSA) is 83.1 Å². The molecule has 9 heteroatoms. The number of benzene rings is 2. The van der Waals surface area contributed by atoms with E-state index in [1.54, 1.807) is 18.2 Å². The molecule has 0 radical (unpaired) electrons. The van der Waals surface area contributed by atoms with Crippen molar-refractivity contribution in [3.63, 3.8) is 0 Å². The minimum absolute atomic E-state index is 0.155. The quantitative estimate of drug-likeness (QED) is 0.652. The van der Waals surface area contributed by atoms with Crippen molar-refractivity contribution < 1.29 is 19.1 Å². The molecule has 2 N–H and O–H groups in total. The molecule has 0 saturated carbocycles. The lowest BCUT2D eigenvalue weighted by atomic mass is 10.1. The number of nitrogens with one attached hydrogen (secondary N) is 2. The second kappa shape index (κ2) is 10.1. The van der Waals surface area contributed by atoms with Crippen LogP contribution >= 0.6 is 12.2 Å². The Balaban J connectivity index is 1.27. The van der Waals surface area contributed by atoms with Gasteiger partial charge in [-0.1, -0.05) is 13.8 Å². The third-order valence-corrected chi connectivity index (χ3v) is 5.77. The highest BCUT2D eigenvalue weighted by atomic mass is 32.1. The van der Waals surface area contributed by atoms with Gasteiger partial charge in [-0.2, -0.15) is 0 Å². The second-order valence-corrected chi connectivity index (χ2v) is 8.90. The Labute approximate surface area is 198 Å². The highest BCUT2D eigenvalue weighted by Gasteiger charge is 2.22. The molecule has 0 aliphatic carbocycles. The van der Waals surface area contributed by atoms with Gasteiger partial charge < -0.3 is 24.6 Å². The lowest BCUT2D eigenvalue weighted by molar-refractivity contribution is -0.132. The highest BCUT2D eigenvalue weighted by Crippen LogP contribution is 2.32. The standard InChI is InChI=1S/C24H28N4O4S/c1-16(2)13-22(29)28-11-9-27(10-12-28)19-6-4-18(5-7-19)25-24(33)26-23(30)17-3-8-20-21(14-17)32-15-31-20/h3-8,14,16H,9-13,15H2,1-2H3,(H2,25,26,30,33). The van der Waals surface area contributed by atoms with Gasteiger partial charge in [0, 0.05) is 49.5 Å². The van der Waals surface area contributed by atoms with Crippen molar-refractivity contribution in [1.29, 1.82) is 0 Å². The number of carbonyl (C=O) groups excluding carboxylic acids is 2. The molecule has 8 nitrogen and oxygen atoms in total. The Bertz CT molecular complexity index is 1030. The van der Waals surface area contributed by atoms with E-state index in [9.17, 15) is 9.59 Å². The van der Waals surface area contributed by atoms with Crippen molar-refractivity contribution >= 4 is 40.5 Å². The van der Waals surface area contributed by atoms with Gasteiger partial charge in [-0.15, -0.1) is 0 Å². The first kappa shape index (κ1) is 22.8. The van der Waals surface area contributed by atoms with Crippen LogP contribution in [0.15, 0.2) is 42.5 Å². The van der Waals surface area contributed by atoms with Crippen LogP contribution in [-0.2, 0) is 4.79 Å². The van der Waals surface area contributed by atoms with Crippen molar-refractivity contribution in [2.45, 2.75) is 20.3 Å². The molecule has 2 aromatic carbocycles. The van der Waals surface area contributed by atoms with Gasteiger partial charge >= 0.3 is 0 Å². The summed E-state index contributed by atoms with van der Waals surface area (Å²) in [6, 6.07) is 12.9. The van der Waals surface area contributed by atoms with Gasteiger partial charge in [-0.05, 0) is 60.6 Å². The molecule has 2 aromatic rings. The minimum atomic E-state index is -0.327. The summed E-state index contributed by atoms with van der Waals surface area (Å²) in [5, 5.41) is 5.93. The number of hydrogen-bond donors (Lipinski definition) is 2. The molecule has 174 valence electrons. The Morgan fingerprint density at radius 3 is 2.39 bits per heavy atom. The molecule has 2 amide bonds. The fourth-order valence-corrected chi connectivity index (χ4v) is 4.03. The van der Waals surface area contributed by atoms with E-state index < -0.39 is 0 Å². The normalized spacial score (nSPS) is 14.9. The van der Waals surface area contributed by atoms with E-state index in [-0.39, 0.29) is 23.7 Å². The van der Waals surface area contributed by atoms with Gasteiger partial charge in [0.1, 0.15) is 0 Å². The predicted molar refractivity (Wildman–Crippen MR) is 131 cm³/mol. The number of carbonyl (C=O) groups is 2. The molecule has 0 spiro atoms. The molecule has 0 bridgehead atoms. The second-order valence-electron chi connectivity index (χ2n) is 8.49. The summed E-state index contributed by atoms with van der Waals surface area (Å²) in [4.78, 5) is 28.9. The van der Waals surface area contributed by atoms with Gasteiger partial charge in [0.25, 0.3) is 5.91 Å². The molecule has 2 aliphatic rings. The number of ether oxygens (including phenoxy) is 2. The van der Waals surface area contributed by atoms with E-state index in [0.717, 1.165) is 37.6 Å². The van der Waals surface area contributed by atoms with Gasteiger partial charge in [-0.25, -0.2) is 0 Å². The molecule has 2 aliphatic heterocycles. The number of piperazine rings is 1. The van der Waals surface area contributed by atoms with Crippen molar-refractivity contribution in [3.05, 3.63) is 48.0 Å². The predicted octanol–water partition coefficient (Wildman–Crippen LogP) is 3.24. The Hall–Kier alpha value is -3.33. The van der Waals surface area contributed by atoms with Crippen LogP contribution in [0.25, 0.3) is 0 Å². The number of rotatable bonds is 5. The van der Waals surface area contributed by atoms with Crippen LogP contribution in [0.3, 0.4) is 0 Å². The van der Waals surface area contributed by atoms with E-state index >= 15 is 0 Å². The van der Waals surface area contributed by atoms with Crippen molar-refractivity contribution in [3.8, 4) is 11.5 Å². The molecular formula is C24H28N4O4S. The maximum absolute atomic E-state index is 12.5. The lowest BCUT2D eigenvalue weighted by Crippen LogP contribution is -2.49. The molecule has 0 unspecified atom stereocenters. The van der Waals surface area contributed by atoms with Gasteiger partial charge in [0.05, 0.1) is 0 Å². The summed E-state index contributed by atoms with van der Waals surface area (Å²) in [7, 11) is 0. The molecular weight excluding hydrogens is 440 g/mol. The summed E-state index contributed by atoms with van der Waals surface area (Å²) < 4.78 is 10.6. The first-order valence-corrected chi connectivity index (χ1v) is 11.4. The van der Waals surface area contributed by atoms with E-state index in [1.165, 1.54) is 0 Å². The van der Waals surface area contributed by atoms with Gasteiger partial charge in [-0.3, -0.25) is 14.9 Å². The highest BCUT2D eigenvalue weighted by molar-refractivity contribution is 7.80. The lowest BCUT2D eigenvalue weighted by Gasteiger charge is -2.36. The zero-order valence-corrected chi connectivity index (χ0v) is 19.6. The summed E-state index contributed by atoms with van der Waals surface area (Å²) in [6.07, 6.45) is 0.603. The number of fused-ring (bicyclic) bond motifs is 1. The van der Waals surface area contributed by atoms with Crippen LogP contribution in [0.4, 0.5) is 11.4 Å². The molecule has 1 saturated heterocycles. The molecule has 4 rings (SSSR count). The Morgan fingerprint density at radius 2 is 1.70 bits per heavy atom. The summed E-state index contributed by atoms with van der Waals surface area (Å²) in [5.41, 5.74) is 2.30. The SMILES string of the molecule is CC(C)CC(=O)N1CCN(c2ccc(NC(=S)NC(=O)c3ccc4c(c3)OCO4)cc2)CC1. The zero-order chi connectivity index (χ0) is 23.4. The van der Waals surface area contributed by atoms with E-state index in [0.29, 0.717) is 29.4 Å². The average molecular weight is 469 g/mol. The fraction of sp³-hybridized carbons (Fsp3) is 0.375. The van der Waals surface area contributed by atoms with Crippen LogP contribution in [0.5, 0.6) is 11.5 Å². The molecule has 33 heavy (non-hydrogen) atoms. The molecule has 0 atom stereocenters. The maximum Gasteiger partial charge on any atom is 0.257 e. The number of nitrogens with zero attached hydrogens (tertiary/aromatic N) is 2. The van der Waals surface area contributed by atoms with Crippen LogP contribution in [0.2, 0.25) is 0 Å². The monoisotopic (exact) mass is 468 g/mol. The summed E-state index contributed by atoms with van der Waals surface area (Å²) in [5.74, 6) is 1.45. The fourth-order valence-electron chi connectivity index (χ4n) is 3.82. The van der Waals surface area contributed by atoms with Crippen LogP contribution in [-0.4, -0.2) is 54.8 Å². The van der Waals surface area contributed by atoms with E-state index in [4.69, 9.17) is 21.7 Å². The van der Waals surface area contributed by atoms with E-state index in [2.05, 4.69) is 29.4 Å². The molecule has 1 fully saturated rings. The molecule has 2 heterocycles. The minimum Gasteiger partial charge on any atom is -0.454 e. The van der Waals surface area contributed by atoms with Crippen molar-refractivity contribution in [1.82, 2.24) is 10.2 Å². The zero-order valence-electron chi connectivity index (χ0n) is 18.8. The van der Waals surface area contributed by atoms with Crippen LogP contribution in [0.1, 0.15) is 30.6 Å². The van der Waals surface area contributed by atoms with Crippen molar-refractivity contribution in [2.75, 3.05) is 43.2 Å². The first-order valence-electron chi connectivity index (χ1n) is 11.0. The molecule has 0 aromatic heterocycles. The Kier molecular flexibility index (Phi) is 6.98. The maximum atomic E-state index is 12.5. The van der Waals surface area contributed by atoms with Crippen LogP contribution < -0.4 is 25.0 Å². The van der Waals surface area contributed by atoms with Gasteiger partial charge in [0.15, 0.2) is 16.6 Å². The average Bonchev–Trinajstić information content (AvgIpc) is 3.27. The summed E-state index contributed by atoms with van der Waals surface area (Å²) >= 11 is 5.29.